The molecule has 1 aliphatic heterocycles. The molecule has 3 aromatic rings. The summed E-state index contributed by atoms with van der Waals surface area (Å²) in [6, 6.07) is 7.65. The van der Waals surface area contributed by atoms with Crippen LogP contribution in [0.25, 0.3) is 11.0 Å². The van der Waals surface area contributed by atoms with Gasteiger partial charge in [0.1, 0.15) is 11.3 Å². The Balaban J connectivity index is 1.94. The molecule has 0 amide bonds. The summed E-state index contributed by atoms with van der Waals surface area (Å²) in [4.78, 5) is 0.296. The molecule has 0 aliphatic carbocycles. The van der Waals surface area contributed by atoms with Crippen molar-refractivity contribution in [1.82, 2.24) is 5.32 Å². The molecule has 0 saturated carbocycles. The van der Waals surface area contributed by atoms with E-state index in [2.05, 4.69) is 5.32 Å². The SMILES string of the molecule is Cc1cc(S(=O)(=O)c2cc(Cl)cc(Cl)c2)cc2c3c(oc12)CCNC3. The summed E-state index contributed by atoms with van der Waals surface area (Å²) in [7, 11) is -3.73. The zero-order valence-corrected chi connectivity index (χ0v) is 15.7. The third kappa shape index (κ3) is 2.85. The van der Waals surface area contributed by atoms with Crippen LogP contribution in [-0.4, -0.2) is 15.0 Å². The molecule has 1 N–H and O–H groups in total. The Labute approximate surface area is 155 Å². The van der Waals surface area contributed by atoms with Crippen molar-refractivity contribution in [1.29, 1.82) is 0 Å². The third-order valence-corrected chi connectivity index (χ3v) is 6.57. The van der Waals surface area contributed by atoms with E-state index >= 15 is 0 Å². The van der Waals surface area contributed by atoms with Crippen molar-refractivity contribution < 1.29 is 12.8 Å². The molecule has 2 aromatic carbocycles. The van der Waals surface area contributed by atoms with Crippen LogP contribution < -0.4 is 5.32 Å². The molecule has 0 unspecified atom stereocenters. The Bertz CT molecular complexity index is 1080. The van der Waals surface area contributed by atoms with Crippen LogP contribution in [0.15, 0.2) is 44.5 Å². The molecule has 0 saturated heterocycles. The molecule has 25 heavy (non-hydrogen) atoms. The van der Waals surface area contributed by atoms with E-state index in [-0.39, 0.29) is 19.8 Å². The van der Waals surface area contributed by atoms with Crippen LogP contribution in [0.2, 0.25) is 10.0 Å². The molecule has 0 bridgehead atoms. The molecule has 0 fully saturated rings. The van der Waals surface area contributed by atoms with Gasteiger partial charge < -0.3 is 9.73 Å². The summed E-state index contributed by atoms with van der Waals surface area (Å²) in [5, 5.41) is 4.71. The van der Waals surface area contributed by atoms with Crippen LogP contribution in [-0.2, 0) is 22.8 Å². The fraction of sp³-hybridized carbons (Fsp3) is 0.222. The van der Waals surface area contributed by atoms with Gasteiger partial charge in [0, 0.05) is 40.5 Å². The van der Waals surface area contributed by atoms with E-state index in [1.165, 1.54) is 18.2 Å². The molecule has 1 aromatic heterocycles. The molecule has 7 heteroatoms. The van der Waals surface area contributed by atoms with E-state index in [9.17, 15) is 8.42 Å². The smallest absolute Gasteiger partial charge is 0.206 e. The molecule has 0 spiro atoms. The van der Waals surface area contributed by atoms with Crippen molar-refractivity contribution in [2.45, 2.75) is 29.7 Å². The summed E-state index contributed by atoms with van der Waals surface area (Å²) < 4.78 is 32.1. The van der Waals surface area contributed by atoms with Crippen molar-refractivity contribution in [2.75, 3.05) is 6.54 Å². The van der Waals surface area contributed by atoms with Gasteiger partial charge in [-0.25, -0.2) is 8.42 Å². The molecule has 4 nitrogen and oxygen atoms in total. The number of aryl methyl sites for hydroxylation is 1. The highest BCUT2D eigenvalue weighted by molar-refractivity contribution is 7.91. The highest BCUT2D eigenvalue weighted by Crippen LogP contribution is 2.35. The number of benzene rings is 2. The number of hydrogen-bond acceptors (Lipinski definition) is 4. The van der Waals surface area contributed by atoms with Gasteiger partial charge in [-0.15, -0.1) is 0 Å². The summed E-state index contributed by atoms with van der Waals surface area (Å²) in [5.74, 6) is 0.928. The summed E-state index contributed by atoms with van der Waals surface area (Å²) >= 11 is 12.0. The molecular weight excluding hydrogens is 381 g/mol. The fourth-order valence-electron chi connectivity index (χ4n) is 3.22. The molecule has 0 radical (unpaired) electrons. The monoisotopic (exact) mass is 395 g/mol. The van der Waals surface area contributed by atoms with E-state index in [0.29, 0.717) is 6.54 Å². The van der Waals surface area contributed by atoms with Gasteiger partial charge in [-0.2, -0.15) is 0 Å². The van der Waals surface area contributed by atoms with E-state index in [4.69, 9.17) is 27.6 Å². The first-order valence-electron chi connectivity index (χ1n) is 7.83. The average molecular weight is 396 g/mol. The second kappa shape index (κ2) is 6.02. The number of hydrogen-bond donors (Lipinski definition) is 1. The van der Waals surface area contributed by atoms with Gasteiger partial charge in [0.15, 0.2) is 0 Å². The average Bonchev–Trinajstić information content (AvgIpc) is 2.93. The van der Waals surface area contributed by atoms with Gasteiger partial charge in [-0.1, -0.05) is 23.2 Å². The van der Waals surface area contributed by atoms with Gasteiger partial charge >= 0.3 is 0 Å². The summed E-state index contributed by atoms with van der Waals surface area (Å²) in [5.41, 5.74) is 2.57. The zero-order chi connectivity index (χ0) is 17.8. The number of rotatable bonds is 2. The van der Waals surface area contributed by atoms with Gasteiger partial charge in [0.2, 0.25) is 9.84 Å². The van der Waals surface area contributed by atoms with Gasteiger partial charge in [-0.05, 0) is 42.8 Å². The van der Waals surface area contributed by atoms with Crippen LogP contribution in [0.1, 0.15) is 16.9 Å². The Kier molecular flexibility index (Phi) is 4.07. The Morgan fingerprint density at radius 1 is 1.04 bits per heavy atom. The second-order valence-electron chi connectivity index (χ2n) is 6.16. The largest absolute Gasteiger partial charge is 0.460 e. The third-order valence-electron chi connectivity index (χ3n) is 4.42. The first kappa shape index (κ1) is 16.9. The maximum absolute atomic E-state index is 13.1. The van der Waals surface area contributed by atoms with Crippen LogP contribution in [0.5, 0.6) is 0 Å². The van der Waals surface area contributed by atoms with Gasteiger partial charge in [-0.3, -0.25) is 0 Å². The Hall–Kier alpha value is -1.53. The number of sulfone groups is 1. The highest BCUT2D eigenvalue weighted by atomic mass is 35.5. The number of nitrogens with one attached hydrogen (secondary N) is 1. The maximum atomic E-state index is 13.1. The van der Waals surface area contributed by atoms with Gasteiger partial charge in [0.25, 0.3) is 0 Å². The predicted molar refractivity (Wildman–Crippen MR) is 98.3 cm³/mol. The quantitative estimate of drug-likeness (QED) is 0.692. The summed E-state index contributed by atoms with van der Waals surface area (Å²) in [6.45, 7) is 3.39. The molecule has 2 heterocycles. The topological polar surface area (TPSA) is 59.3 Å². The lowest BCUT2D eigenvalue weighted by molar-refractivity contribution is 0.499. The van der Waals surface area contributed by atoms with Crippen LogP contribution in [0.4, 0.5) is 0 Å². The van der Waals surface area contributed by atoms with E-state index in [1.54, 1.807) is 12.1 Å². The molecule has 0 atom stereocenters. The lowest BCUT2D eigenvalue weighted by Crippen LogP contribution is -2.22. The predicted octanol–water partition coefficient (Wildman–Crippen LogP) is 4.53. The van der Waals surface area contributed by atoms with Crippen LogP contribution in [0.3, 0.4) is 0 Å². The molecule has 130 valence electrons. The van der Waals surface area contributed by atoms with E-state index in [1.807, 2.05) is 6.92 Å². The minimum absolute atomic E-state index is 0.0826. The second-order valence-corrected chi connectivity index (χ2v) is 8.98. The van der Waals surface area contributed by atoms with Crippen molar-refractivity contribution in [3.05, 3.63) is 57.3 Å². The summed E-state index contributed by atoms with van der Waals surface area (Å²) in [6.07, 6.45) is 0.801. The van der Waals surface area contributed by atoms with Crippen LogP contribution >= 0.6 is 23.2 Å². The highest BCUT2D eigenvalue weighted by Gasteiger charge is 2.24. The number of fused-ring (bicyclic) bond motifs is 3. The zero-order valence-electron chi connectivity index (χ0n) is 13.4. The van der Waals surface area contributed by atoms with Gasteiger partial charge in [0.05, 0.1) is 9.79 Å². The van der Waals surface area contributed by atoms with Crippen LogP contribution in [0, 0.1) is 6.92 Å². The standard InChI is InChI=1S/C18H15Cl2NO3S/c1-10-4-13(25(22,23)14-6-11(19)5-12(20)7-14)8-15-16-9-21-3-2-17(16)24-18(10)15/h4-8,21H,2-3,9H2,1H3. The maximum Gasteiger partial charge on any atom is 0.206 e. The van der Waals surface area contributed by atoms with E-state index in [0.717, 1.165) is 40.8 Å². The minimum Gasteiger partial charge on any atom is -0.460 e. The molecular formula is C18H15Cl2NO3S. The van der Waals surface area contributed by atoms with Crippen molar-refractivity contribution >= 4 is 44.0 Å². The van der Waals surface area contributed by atoms with Crippen molar-refractivity contribution in [2.24, 2.45) is 0 Å². The fourth-order valence-corrected chi connectivity index (χ4v) is 5.32. The van der Waals surface area contributed by atoms with Crippen molar-refractivity contribution in [3.8, 4) is 0 Å². The Morgan fingerprint density at radius 2 is 1.72 bits per heavy atom. The number of halogens is 2. The molecule has 4 rings (SSSR count). The normalized spacial score (nSPS) is 14.7. The Morgan fingerprint density at radius 3 is 2.44 bits per heavy atom. The first-order valence-corrected chi connectivity index (χ1v) is 10.1. The van der Waals surface area contributed by atoms with E-state index < -0.39 is 9.84 Å². The lowest BCUT2D eigenvalue weighted by atomic mass is 10.0. The number of furan rings is 1. The minimum atomic E-state index is -3.73. The lowest BCUT2D eigenvalue weighted by Gasteiger charge is -2.11. The van der Waals surface area contributed by atoms with Crippen molar-refractivity contribution in [3.63, 3.8) is 0 Å². The first-order chi connectivity index (χ1) is 11.9. The molecule has 1 aliphatic rings.